The quantitative estimate of drug-likeness (QED) is 0.511. The molecule has 0 fully saturated rings. The molecule has 0 unspecified atom stereocenters. The Kier molecular flexibility index (Phi) is 6.99. The number of aromatic hydroxyl groups is 1. The molecule has 0 aromatic heterocycles. The van der Waals surface area contributed by atoms with Gasteiger partial charge >= 0.3 is 0 Å². The standard InChI is InChI=1S/C18H18ClN3O4/c1-26-16-10-12(2-7-15(16)23)11-20-22-18(25)9-8-17(24)21-14-5-3-13(19)4-6-14/h2-7,10-11,23H,8-9H2,1H3,(H,21,24)(H,22,25). The number of ether oxygens (including phenoxy) is 1. The molecule has 0 aliphatic heterocycles. The first-order valence-electron chi connectivity index (χ1n) is 7.72. The molecule has 0 saturated heterocycles. The summed E-state index contributed by atoms with van der Waals surface area (Å²) in [7, 11) is 1.44. The number of rotatable bonds is 7. The van der Waals surface area contributed by atoms with E-state index >= 15 is 0 Å². The Morgan fingerprint density at radius 2 is 1.85 bits per heavy atom. The molecule has 0 bridgehead atoms. The molecule has 0 aliphatic carbocycles. The fourth-order valence-corrected chi connectivity index (χ4v) is 2.12. The van der Waals surface area contributed by atoms with Crippen LogP contribution in [0.15, 0.2) is 47.6 Å². The highest BCUT2D eigenvalue weighted by Crippen LogP contribution is 2.25. The fraction of sp³-hybridized carbons (Fsp3) is 0.167. The van der Waals surface area contributed by atoms with Gasteiger partial charge in [-0.2, -0.15) is 5.10 Å². The summed E-state index contributed by atoms with van der Waals surface area (Å²) in [6.45, 7) is 0. The van der Waals surface area contributed by atoms with E-state index in [-0.39, 0.29) is 24.5 Å². The molecular formula is C18H18ClN3O4. The summed E-state index contributed by atoms with van der Waals surface area (Å²) in [6.07, 6.45) is 1.43. The summed E-state index contributed by atoms with van der Waals surface area (Å²) in [4.78, 5) is 23.5. The van der Waals surface area contributed by atoms with E-state index in [0.29, 0.717) is 22.0 Å². The molecule has 8 heteroatoms. The largest absolute Gasteiger partial charge is 0.504 e. The lowest BCUT2D eigenvalue weighted by atomic mass is 10.2. The number of anilines is 1. The van der Waals surface area contributed by atoms with Gasteiger partial charge in [-0.15, -0.1) is 0 Å². The number of amides is 2. The predicted octanol–water partition coefficient (Wildman–Crippen LogP) is 2.92. The van der Waals surface area contributed by atoms with Gasteiger partial charge in [0.25, 0.3) is 0 Å². The Morgan fingerprint density at radius 1 is 1.15 bits per heavy atom. The van der Waals surface area contributed by atoms with Gasteiger partial charge in [0.2, 0.25) is 11.8 Å². The number of carbonyl (C=O) groups excluding carboxylic acids is 2. The van der Waals surface area contributed by atoms with Crippen LogP contribution in [0.3, 0.4) is 0 Å². The van der Waals surface area contributed by atoms with Crippen LogP contribution in [0.1, 0.15) is 18.4 Å². The molecular weight excluding hydrogens is 358 g/mol. The Morgan fingerprint density at radius 3 is 2.54 bits per heavy atom. The number of nitrogens with zero attached hydrogens (tertiary/aromatic N) is 1. The fourth-order valence-electron chi connectivity index (χ4n) is 1.99. The van der Waals surface area contributed by atoms with E-state index in [1.54, 1.807) is 36.4 Å². The molecule has 0 heterocycles. The van der Waals surface area contributed by atoms with Crippen LogP contribution in [-0.2, 0) is 9.59 Å². The molecule has 2 aromatic carbocycles. The Labute approximate surface area is 155 Å². The number of hydrazone groups is 1. The number of halogens is 1. The third-order valence-electron chi connectivity index (χ3n) is 3.31. The summed E-state index contributed by atoms with van der Waals surface area (Å²) < 4.78 is 4.98. The summed E-state index contributed by atoms with van der Waals surface area (Å²) in [5, 5.41) is 16.6. The van der Waals surface area contributed by atoms with Crippen LogP contribution in [0.4, 0.5) is 5.69 Å². The summed E-state index contributed by atoms with van der Waals surface area (Å²) in [5.74, 6) is -0.354. The number of nitrogens with one attached hydrogen (secondary N) is 2. The van der Waals surface area contributed by atoms with Crippen molar-refractivity contribution in [2.45, 2.75) is 12.8 Å². The third-order valence-corrected chi connectivity index (χ3v) is 3.57. The molecule has 0 spiro atoms. The molecule has 3 N–H and O–H groups in total. The van der Waals surface area contributed by atoms with E-state index in [0.717, 1.165) is 0 Å². The van der Waals surface area contributed by atoms with Crippen LogP contribution in [-0.4, -0.2) is 30.2 Å². The van der Waals surface area contributed by atoms with Crippen molar-refractivity contribution in [3.8, 4) is 11.5 Å². The molecule has 2 amide bonds. The SMILES string of the molecule is COc1cc(C=NNC(=O)CCC(=O)Nc2ccc(Cl)cc2)ccc1O. The average molecular weight is 376 g/mol. The minimum Gasteiger partial charge on any atom is -0.504 e. The zero-order valence-corrected chi connectivity index (χ0v) is 14.8. The number of methoxy groups -OCH3 is 1. The minimum absolute atomic E-state index is 0.00430. The topological polar surface area (TPSA) is 100 Å². The van der Waals surface area contributed by atoms with Gasteiger partial charge in [0, 0.05) is 23.6 Å². The molecule has 26 heavy (non-hydrogen) atoms. The lowest BCUT2D eigenvalue weighted by Gasteiger charge is -2.05. The highest BCUT2D eigenvalue weighted by Gasteiger charge is 2.07. The average Bonchev–Trinajstić information content (AvgIpc) is 2.63. The molecule has 2 rings (SSSR count). The van der Waals surface area contributed by atoms with Gasteiger partial charge in [-0.05, 0) is 48.0 Å². The van der Waals surface area contributed by atoms with Gasteiger partial charge in [-0.25, -0.2) is 5.43 Å². The minimum atomic E-state index is -0.391. The van der Waals surface area contributed by atoms with Crippen LogP contribution in [0, 0.1) is 0 Å². The van der Waals surface area contributed by atoms with Gasteiger partial charge in [0.1, 0.15) is 0 Å². The van der Waals surface area contributed by atoms with Crippen LogP contribution < -0.4 is 15.5 Å². The van der Waals surface area contributed by atoms with E-state index < -0.39 is 5.91 Å². The molecule has 136 valence electrons. The van der Waals surface area contributed by atoms with Crippen LogP contribution in [0.25, 0.3) is 0 Å². The van der Waals surface area contributed by atoms with Crippen molar-refractivity contribution in [3.05, 3.63) is 53.1 Å². The first-order valence-corrected chi connectivity index (χ1v) is 8.10. The molecule has 2 aromatic rings. The number of benzene rings is 2. The van der Waals surface area contributed by atoms with Crippen LogP contribution in [0.2, 0.25) is 5.02 Å². The second-order valence-corrected chi connectivity index (χ2v) is 5.72. The molecule has 0 radical (unpaired) electrons. The Hall–Kier alpha value is -3.06. The summed E-state index contributed by atoms with van der Waals surface area (Å²) in [5.41, 5.74) is 3.59. The normalized spacial score (nSPS) is 10.5. The first-order chi connectivity index (χ1) is 12.5. The van der Waals surface area contributed by atoms with Crippen molar-refractivity contribution >= 4 is 35.3 Å². The Bertz CT molecular complexity index is 807. The maximum atomic E-state index is 11.8. The van der Waals surface area contributed by atoms with Crippen molar-refractivity contribution in [1.82, 2.24) is 5.43 Å². The smallest absolute Gasteiger partial charge is 0.240 e. The van der Waals surface area contributed by atoms with E-state index in [2.05, 4.69) is 15.8 Å². The summed E-state index contributed by atoms with van der Waals surface area (Å²) >= 11 is 5.77. The number of phenolic OH excluding ortho intramolecular Hbond substituents is 1. The van der Waals surface area contributed by atoms with Gasteiger partial charge in [-0.3, -0.25) is 9.59 Å². The van der Waals surface area contributed by atoms with Crippen molar-refractivity contribution in [3.63, 3.8) is 0 Å². The van der Waals surface area contributed by atoms with Crippen LogP contribution >= 0.6 is 11.6 Å². The van der Waals surface area contributed by atoms with Crippen LogP contribution in [0.5, 0.6) is 11.5 Å². The van der Waals surface area contributed by atoms with E-state index in [9.17, 15) is 14.7 Å². The molecule has 0 atom stereocenters. The van der Waals surface area contributed by atoms with Gasteiger partial charge in [-0.1, -0.05) is 11.6 Å². The second-order valence-electron chi connectivity index (χ2n) is 5.28. The molecule has 0 saturated carbocycles. The summed E-state index contributed by atoms with van der Waals surface area (Å²) in [6, 6.07) is 11.3. The van der Waals surface area contributed by atoms with E-state index in [4.69, 9.17) is 16.3 Å². The van der Waals surface area contributed by atoms with E-state index in [1.807, 2.05) is 0 Å². The highest BCUT2D eigenvalue weighted by atomic mass is 35.5. The monoisotopic (exact) mass is 375 g/mol. The molecule has 0 aliphatic rings. The number of hydrogen-bond acceptors (Lipinski definition) is 5. The van der Waals surface area contributed by atoms with Crippen molar-refractivity contribution in [2.24, 2.45) is 5.10 Å². The lowest BCUT2D eigenvalue weighted by Crippen LogP contribution is -2.20. The zero-order chi connectivity index (χ0) is 18.9. The third kappa shape index (κ3) is 6.10. The van der Waals surface area contributed by atoms with Crippen molar-refractivity contribution < 1.29 is 19.4 Å². The first kappa shape index (κ1) is 19.3. The number of hydrogen-bond donors (Lipinski definition) is 3. The zero-order valence-electron chi connectivity index (χ0n) is 14.0. The van der Waals surface area contributed by atoms with Gasteiger partial charge in [0.05, 0.1) is 13.3 Å². The van der Waals surface area contributed by atoms with E-state index in [1.165, 1.54) is 19.4 Å². The van der Waals surface area contributed by atoms with Crippen molar-refractivity contribution in [1.29, 1.82) is 0 Å². The van der Waals surface area contributed by atoms with Gasteiger partial charge in [0.15, 0.2) is 11.5 Å². The second kappa shape index (κ2) is 9.43. The maximum Gasteiger partial charge on any atom is 0.240 e. The van der Waals surface area contributed by atoms with Crippen molar-refractivity contribution in [2.75, 3.05) is 12.4 Å². The number of phenols is 1. The predicted molar refractivity (Wildman–Crippen MR) is 99.7 cm³/mol. The Balaban J connectivity index is 1.76. The lowest BCUT2D eigenvalue weighted by molar-refractivity contribution is -0.124. The highest BCUT2D eigenvalue weighted by molar-refractivity contribution is 6.30. The maximum absolute atomic E-state index is 11.8. The van der Waals surface area contributed by atoms with Gasteiger partial charge < -0.3 is 15.2 Å². The molecule has 7 nitrogen and oxygen atoms in total. The number of carbonyl (C=O) groups is 2.